The number of aromatic nitrogens is 2. The van der Waals surface area contributed by atoms with Crippen LogP contribution in [0.5, 0.6) is 0 Å². The lowest BCUT2D eigenvalue weighted by Crippen LogP contribution is -2.26. The van der Waals surface area contributed by atoms with Crippen LogP contribution in [0.15, 0.2) is 4.79 Å². The highest BCUT2D eigenvalue weighted by Gasteiger charge is 2.42. The SMILES string of the molecule is Nc1nc(C2CC3CCC2O3)[nH]c(=O)c1CC(=O)O. The Morgan fingerprint density at radius 2 is 2.32 bits per heavy atom. The maximum Gasteiger partial charge on any atom is 0.308 e. The Bertz CT molecular complexity index is 583. The fraction of sp³-hybridized carbons (Fsp3) is 0.583. The summed E-state index contributed by atoms with van der Waals surface area (Å²) in [7, 11) is 0. The molecular formula is C12H15N3O4. The molecule has 2 aliphatic rings. The highest BCUT2D eigenvalue weighted by Crippen LogP contribution is 2.43. The summed E-state index contributed by atoms with van der Waals surface area (Å²) in [6.45, 7) is 0. The topological polar surface area (TPSA) is 118 Å². The van der Waals surface area contributed by atoms with E-state index >= 15 is 0 Å². The number of H-pyrrole nitrogens is 1. The van der Waals surface area contributed by atoms with Crippen LogP contribution in [-0.2, 0) is 16.0 Å². The minimum atomic E-state index is -1.10. The van der Waals surface area contributed by atoms with Gasteiger partial charge in [0.25, 0.3) is 5.56 Å². The highest BCUT2D eigenvalue weighted by atomic mass is 16.5. The molecule has 2 aliphatic heterocycles. The van der Waals surface area contributed by atoms with Crippen LogP contribution in [0.3, 0.4) is 0 Å². The van der Waals surface area contributed by atoms with Crippen molar-refractivity contribution in [3.05, 3.63) is 21.7 Å². The van der Waals surface area contributed by atoms with Crippen LogP contribution in [0.4, 0.5) is 5.82 Å². The van der Waals surface area contributed by atoms with E-state index in [-0.39, 0.29) is 29.5 Å². The number of hydrogen-bond acceptors (Lipinski definition) is 5. The highest BCUT2D eigenvalue weighted by molar-refractivity contribution is 5.71. The number of aromatic amines is 1. The Morgan fingerprint density at radius 1 is 1.53 bits per heavy atom. The number of nitrogens with one attached hydrogen (secondary N) is 1. The van der Waals surface area contributed by atoms with Gasteiger partial charge in [0.2, 0.25) is 0 Å². The van der Waals surface area contributed by atoms with E-state index in [0.29, 0.717) is 5.82 Å². The molecule has 2 fully saturated rings. The number of nitrogens with two attached hydrogens (primary N) is 1. The molecule has 4 N–H and O–H groups in total. The van der Waals surface area contributed by atoms with E-state index in [4.69, 9.17) is 15.6 Å². The molecule has 3 heterocycles. The van der Waals surface area contributed by atoms with Gasteiger partial charge in [0.15, 0.2) is 0 Å². The molecule has 0 radical (unpaired) electrons. The van der Waals surface area contributed by atoms with Gasteiger partial charge in [-0.25, -0.2) is 4.98 Å². The van der Waals surface area contributed by atoms with E-state index in [1.807, 2.05) is 0 Å². The molecule has 7 nitrogen and oxygen atoms in total. The number of nitrogen functional groups attached to an aromatic ring is 1. The van der Waals surface area contributed by atoms with Crippen LogP contribution in [-0.4, -0.2) is 33.3 Å². The van der Waals surface area contributed by atoms with Gasteiger partial charge in [-0.15, -0.1) is 0 Å². The summed E-state index contributed by atoms with van der Waals surface area (Å²) in [6.07, 6.45) is 2.79. The summed E-state index contributed by atoms with van der Waals surface area (Å²) in [5, 5.41) is 8.73. The quantitative estimate of drug-likeness (QED) is 0.708. The summed E-state index contributed by atoms with van der Waals surface area (Å²) < 4.78 is 5.72. The molecule has 2 bridgehead atoms. The number of fused-ring (bicyclic) bond motifs is 2. The maximum atomic E-state index is 11.9. The van der Waals surface area contributed by atoms with Gasteiger partial charge in [0.1, 0.15) is 11.6 Å². The number of aliphatic carboxylic acids is 1. The first kappa shape index (κ1) is 12.2. The Balaban J connectivity index is 1.92. The average molecular weight is 265 g/mol. The molecule has 3 unspecified atom stereocenters. The number of nitrogens with zero attached hydrogens (tertiary/aromatic N) is 1. The minimum Gasteiger partial charge on any atom is -0.481 e. The molecule has 0 aromatic carbocycles. The molecule has 102 valence electrons. The van der Waals surface area contributed by atoms with E-state index in [2.05, 4.69) is 9.97 Å². The van der Waals surface area contributed by atoms with Crippen molar-refractivity contribution >= 4 is 11.8 Å². The van der Waals surface area contributed by atoms with E-state index in [1.54, 1.807) is 0 Å². The number of anilines is 1. The van der Waals surface area contributed by atoms with Crippen LogP contribution >= 0.6 is 0 Å². The van der Waals surface area contributed by atoms with Gasteiger partial charge >= 0.3 is 5.97 Å². The van der Waals surface area contributed by atoms with E-state index in [9.17, 15) is 9.59 Å². The standard InChI is InChI=1S/C12H15N3O4/c13-10-7(4-9(16)17)12(18)15-11(14-10)6-3-5-1-2-8(6)19-5/h5-6,8H,1-4H2,(H,16,17)(H3,13,14,15,18). The molecule has 3 atom stereocenters. The second-order valence-electron chi connectivity index (χ2n) is 5.10. The van der Waals surface area contributed by atoms with Gasteiger partial charge < -0.3 is 20.6 Å². The van der Waals surface area contributed by atoms with Crippen LogP contribution in [0.25, 0.3) is 0 Å². The lowest BCUT2D eigenvalue weighted by molar-refractivity contribution is -0.136. The number of carbonyl (C=O) groups is 1. The van der Waals surface area contributed by atoms with Crippen molar-refractivity contribution in [2.75, 3.05) is 5.73 Å². The van der Waals surface area contributed by atoms with Gasteiger partial charge in [0.05, 0.1) is 24.2 Å². The van der Waals surface area contributed by atoms with Crippen molar-refractivity contribution in [2.45, 2.75) is 43.8 Å². The van der Waals surface area contributed by atoms with Crippen molar-refractivity contribution < 1.29 is 14.6 Å². The monoisotopic (exact) mass is 265 g/mol. The second kappa shape index (κ2) is 4.34. The van der Waals surface area contributed by atoms with Crippen molar-refractivity contribution in [1.29, 1.82) is 0 Å². The van der Waals surface area contributed by atoms with Crippen molar-refractivity contribution in [1.82, 2.24) is 9.97 Å². The third-order valence-electron chi connectivity index (χ3n) is 3.85. The lowest BCUT2D eigenvalue weighted by atomic mass is 9.88. The number of hydrogen-bond donors (Lipinski definition) is 3. The molecule has 0 spiro atoms. The number of carboxylic acid groups (broad SMARTS) is 1. The van der Waals surface area contributed by atoms with Gasteiger partial charge in [-0.05, 0) is 19.3 Å². The number of rotatable bonds is 3. The zero-order valence-electron chi connectivity index (χ0n) is 10.3. The molecule has 7 heteroatoms. The normalized spacial score (nSPS) is 28.7. The van der Waals surface area contributed by atoms with Crippen LogP contribution < -0.4 is 11.3 Å². The van der Waals surface area contributed by atoms with Crippen molar-refractivity contribution in [2.24, 2.45) is 0 Å². The van der Waals surface area contributed by atoms with E-state index in [1.165, 1.54) is 0 Å². The Morgan fingerprint density at radius 3 is 2.84 bits per heavy atom. The smallest absolute Gasteiger partial charge is 0.308 e. The number of ether oxygens (including phenoxy) is 1. The largest absolute Gasteiger partial charge is 0.481 e. The third-order valence-corrected chi connectivity index (χ3v) is 3.85. The number of carboxylic acids is 1. The van der Waals surface area contributed by atoms with Crippen molar-refractivity contribution in [3.63, 3.8) is 0 Å². The summed E-state index contributed by atoms with van der Waals surface area (Å²) >= 11 is 0. The van der Waals surface area contributed by atoms with Gasteiger partial charge in [-0.2, -0.15) is 0 Å². The molecule has 0 saturated carbocycles. The van der Waals surface area contributed by atoms with E-state index < -0.39 is 17.9 Å². The lowest BCUT2D eigenvalue weighted by Gasteiger charge is -2.18. The molecule has 1 aromatic heterocycles. The first-order valence-electron chi connectivity index (χ1n) is 6.30. The van der Waals surface area contributed by atoms with Crippen LogP contribution in [0, 0.1) is 0 Å². The van der Waals surface area contributed by atoms with Gasteiger partial charge in [0, 0.05) is 5.92 Å². The summed E-state index contributed by atoms with van der Waals surface area (Å²) in [4.78, 5) is 29.4. The molecule has 2 saturated heterocycles. The van der Waals surface area contributed by atoms with Crippen LogP contribution in [0.2, 0.25) is 0 Å². The maximum absolute atomic E-state index is 11.9. The summed E-state index contributed by atoms with van der Waals surface area (Å²) in [6, 6.07) is 0. The zero-order valence-corrected chi connectivity index (χ0v) is 10.3. The first-order valence-corrected chi connectivity index (χ1v) is 6.30. The molecular weight excluding hydrogens is 250 g/mol. The Kier molecular flexibility index (Phi) is 2.78. The van der Waals surface area contributed by atoms with Gasteiger partial charge in [-0.1, -0.05) is 0 Å². The average Bonchev–Trinajstić information content (AvgIpc) is 2.95. The fourth-order valence-electron chi connectivity index (χ4n) is 2.96. The van der Waals surface area contributed by atoms with Crippen molar-refractivity contribution in [3.8, 4) is 0 Å². The predicted octanol–water partition coefficient (Wildman–Crippen LogP) is 0.0141. The van der Waals surface area contributed by atoms with Crippen LogP contribution in [0.1, 0.15) is 36.6 Å². The van der Waals surface area contributed by atoms with Gasteiger partial charge in [-0.3, -0.25) is 9.59 Å². The molecule has 0 aliphatic carbocycles. The molecule has 3 rings (SSSR count). The zero-order chi connectivity index (χ0) is 13.6. The predicted molar refractivity (Wildman–Crippen MR) is 65.9 cm³/mol. The third kappa shape index (κ3) is 2.10. The molecule has 1 aromatic rings. The first-order chi connectivity index (χ1) is 9.04. The van der Waals surface area contributed by atoms with E-state index in [0.717, 1.165) is 19.3 Å². The second-order valence-corrected chi connectivity index (χ2v) is 5.10. The summed E-state index contributed by atoms with van der Waals surface area (Å²) in [5.74, 6) is -0.518. The molecule has 19 heavy (non-hydrogen) atoms. The summed E-state index contributed by atoms with van der Waals surface area (Å²) in [5.41, 5.74) is 5.25. The Labute approximate surface area is 108 Å². The Hall–Kier alpha value is -1.89. The molecule has 0 amide bonds. The minimum absolute atomic E-state index is 0.00363. The fourth-order valence-corrected chi connectivity index (χ4v) is 2.96.